The summed E-state index contributed by atoms with van der Waals surface area (Å²) in [5, 5.41) is 3.19. The molecule has 3 N–H and O–H groups in total. The largest absolute Gasteiger partial charge is 0.385 e. The van der Waals surface area contributed by atoms with Crippen molar-refractivity contribution in [2.45, 2.75) is 6.42 Å². The minimum absolute atomic E-state index is 0.414. The molecule has 0 fully saturated rings. The molecule has 0 aliphatic heterocycles. The number of amides is 1. The van der Waals surface area contributed by atoms with Crippen LogP contribution in [0.3, 0.4) is 0 Å². The van der Waals surface area contributed by atoms with E-state index in [1.807, 2.05) is 12.1 Å². The van der Waals surface area contributed by atoms with Gasteiger partial charge in [-0.2, -0.15) is 0 Å². The van der Waals surface area contributed by atoms with Crippen molar-refractivity contribution in [2.24, 2.45) is 5.73 Å². The second-order valence-electron chi connectivity index (χ2n) is 3.83. The summed E-state index contributed by atoms with van der Waals surface area (Å²) in [5.74, 6) is -0.414. The molecule has 1 rings (SSSR count). The van der Waals surface area contributed by atoms with Gasteiger partial charge in [0.05, 0.1) is 6.61 Å². The molecule has 1 aromatic carbocycles. The first-order valence-electron chi connectivity index (χ1n) is 5.94. The van der Waals surface area contributed by atoms with Crippen LogP contribution in [0.4, 0.5) is 5.69 Å². The molecule has 0 saturated carbocycles. The van der Waals surface area contributed by atoms with Gasteiger partial charge in [-0.1, -0.05) is 0 Å². The first-order chi connectivity index (χ1) is 8.74. The Morgan fingerprint density at radius 3 is 2.56 bits per heavy atom. The number of ether oxygens (including phenoxy) is 2. The summed E-state index contributed by atoms with van der Waals surface area (Å²) in [6, 6.07) is 7.05. The van der Waals surface area contributed by atoms with E-state index in [0.29, 0.717) is 18.8 Å². The Bertz CT molecular complexity index is 352. The fraction of sp³-hybridized carbons (Fsp3) is 0.462. The zero-order chi connectivity index (χ0) is 13.2. The quantitative estimate of drug-likeness (QED) is 0.649. The van der Waals surface area contributed by atoms with E-state index in [0.717, 1.165) is 25.3 Å². The lowest BCUT2D eigenvalue weighted by Gasteiger charge is -2.07. The van der Waals surface area contributed by atoms with Crippen molar-refractivity contribution in [3.05, 3.63) is 29.8 Å². The SMILES string of the molecule is COCCCOCCNc1ccc(C(N)=O)cc1. The molecule has 100 valence electrons. The third kappa shape index (κ3) is 5.65. The van der Waals surface area contributed by atoms with E-state index in [1.54, 1.807) is 19.2 Å². The van der Waals surface area contributed by atoms with E-state index in [4.69, 9.17) is 15.2 Å². The average molecular weight is 252 g/mol. The fourth-order valence-electron chi connectivity index (χ4n) is 1.43. The third-order valence-corrected chi connectivity index (χ3v) is 2.38. The van der Waals surface area contributed by atoms with E-state index >= 15 is 0 Å². The normalized spacial score (nSPS) is 10.3. The maximum atomic E-state index is 10.9. The topological polar surface area (TPSA) is 73.6 Å². The lowest BCUT2D eigenvalue weighted by atomic mass is 10.2. The van der Waals surface area contributed by atoms with Crippen LogP contribution in [0.25, 0.3) is 0 Å². The van der Waals surface area contributed by atoms with Crippen molar-refractivity contribution in [1.82, 2.24) is 0 Å². The lowest BCUT2D eigenvalue weighted by molar-refractivity contribution is 0.1000. The molecule has 0 aliphatic carbocycles. The van der Waals surface area contributed by atoms with Crippen molar-refractivity contribution in [2.75, 3.05) is 38.8 Å². The molecule has 1 amide bonds. The van der Waals surface area contributed by atoms with Gasteiger partial charge in [-0.3, -0.25) is 4.79 Å². The van der Waals surface area contributed by atoms with Crippen molar-refractivity contribution in [1.29, 1.82) is 0 Å². The Balaban J connectivity index is 2.14. The molecule has 18 heavy (non-hydrogen) atoms. The molecular weight excluding hydrogens is 232 g/mol. The molecule has 0 aromatic heterocycles. The summed E-state index contributed by atoms with van der Waals surface area (Å²) < 4.78 is 10.3. The van der Waals surface area contributed by atoms with Crippen LogP contribution in [-0.4, -0.2) is 39.4 Å². The number of anilines is 1. The number of methoxy groups -OCH3 is 1. The second kappa shape index (κ2) is 8.49. The number of nitrogens with two attached hydrogens (primary N) is 1. The molecular formula is C13H20N2O3. The van der Waals surface area contributed by atoms with E-state index < -0.39 is 5.91 Å². The van der Waals surface area contributed by atoms with Gasteiger partial charge in [0.2, 0.25) is 5.91 Å². The molecule has 0 unspecified atom stereocenters. The highest BCUT2D eigenvalue weighted by molar-refractivity contribution is 5.93. The average Bonchev–Trinajstić information content (AvgIpc) is 2.38. The van der Waals surface area contributed by atoms with Gasteiger partial charge in [0.25, 0.3) is 0 Å². The Hall–Kier alpha value is -1.59. The van der Waals surface area contributed by atoms with Gasteiger partial charge in [-0.15, -0.1) is 0 Å². The van der Waals surface area contributed by atoms with Crippen LogP contribution in [0, 0.1) is 0 Å². The number of carbonyl (C=O) groups excluding carboxylic acids is 1. The van der Waals surface area contributed by atoms with E-state index in [1.165, 1.54) is 0 Å². The van der Waals surface area contributed by atoms with Gasteiger partial charge in [0.15, 0.2) is 0 Å². The van der Waals surface area contributed by atoms with E-state index in [-0.39, 0.29) is 0 Å². The van der Waals surface area contributed by atoms with Crippen LogP contribution in [-0.2, 0) is 9.47 Å². The van der Waals surface area contributed by atoms with Crippen LogP contribution < -0.4 is 11.1 Å². The summed E-state index contributed by atoms with van der Waals surface area (Å²) in [7, 11) is 1.68. The monoisotopic (exact) mass is 252 g/mol. The standard InChI is InChI=1S/C13H20N2O3/c1-17-8-2-9-18-10-7-15-12-5-3-11(4-6-12)13(14)16/h3-6,15H,2,7-10H2,1H3,(H2,14,16). The highest BCUT2D eigenvalue weighted by Crippen LogP contribution is 2.08. The molecule has 1 aromatic rings. The number of hydrogen-bond acceptors (Lipinski definition) is 4. The highest BCUT2D eigenvalue weighted by Gasteiger charge is 1.98. The maximum absolute atomic E-state index is 10.9. The highest BCUT2D eigenvalue weighted by atomic mass is 16.5. The minimum atomic E-state index is -0.414. The summed E-state index contributed by atoms with van der Waals surface area (Å²) in [4.78, 5) is 10.9. The molecule has 0 atom stereocenters. The first kappa shape index (κ1) is 14.5. The van der Waals surface area contributed by atoms with Crippen LogP contribution in [0.15, 0.2) is 24.3 Å². The molecule has 0 heterocycles. The number of rotatable bonds is 9. The first-order valence-corrected chi connectivity index (χ1v) is 5.94. The van der Waals surface area contributed by atoms with Crippen molar-refractivity contribution >= 4 is 11.6 Å². The van der Waals surface area contributed by atoms with Gasteiger partial charge < -0.3 is 20.5 Å². The Morgan fingerprint density at radius 1 is 1.22 bits per heavy atom. The van der Waals surface area contributed by atoms with Gasteiger partial charge in [0, 0.05) is 38.1 Å². The van der Waals surface area contributed by atoms with Gasteiger partial charge in [0.1, 0.15) is 0 Å². The van der Waals surface area contributed by atoms with Crippen LogP contribution >= 0.6 is 0 Å². The zero-order valence-corrected chi connectivity index (χ0v) is 10.6. The predicted molar refractivity (Wildman–Crippen MR) is 70.8 cm³/mol. The third-order valence-electron chi connectivity index (χ3n) is 2.38. The Kier molecular flexibility index (Phi) is 6.83. The fourth-order valence-corrected chi connectivity index (χ4v) is 1.43. The van der Waals surface area contributed by atoms with Gasteiger partial charge >= 0.3 is 0 Å². The number of hydrogen-bond donors (Lipinski definition) is 2. The molecule has 5 heteroatoms. The van der Waals surface area contributed by atoms with Crippen LogP contribution in [0.1, 0.15) is 16.8 Å². The lowest BCUT2D eigenvalue weighted by Crippen LogP contribution is -2.12. The second-order valence-corrected chi connectivity index (χ2v) is 3.83. The molecule has 0 saturated heterocycles. The summed E-state index contributed by atoms with van der Waals surface area (Å²) in [5.41, 5.74) is 6.61. The zero-order valence-electron chi connectivity index (χ0n) is 10.6. The number of primary amides is 1. The molecule has 0 radical (unpaired) electrons. The van der Waals surface area contributed by atoms with Crippen LogP contribution in [0.2, 0.25) is 0 Å². The molecule has 0 aliphatic rings. The summed E-state index contributed by atoms with van der Waals surface area (Å²) >= 11 is 0. The summed E-state index contributed by atoms with van der Waals surface area (Å²) in [6.45, 7) is 2.79. The van der Waals surface area contributed by atoms with E-state index in [2.05, 4.69) is 5.32 Å². The van der Waals surface area contributed by atoms with Gasteiger partial charge in [-0.25, -0.2) is 0 Å². The maximum Gasteiger partial charge on any atom is 0.248 e. The number of carbonyl (C=O) groups is 1. The minimum Gasteiger partial charge on any atom is -0.385 e. The number of benzene rings is 1. The smallest absolute Gasteiger partial charge is 0.248 e. The predicted octanol–water partition coefficient (Wildman–Crippen LogP) is 1.25. The van der Waals surface area contributed by atoms with Crippen molar-refractivity contribution < 1.29 is 14.3 Å². The Morgan fingerprint density at radius 2 is 1.94 bits per heavy atom. The number of nitrogens with one attached hydrogen (secondary N) is 1. The Labute approximate surface area is 107 Å². The van der Waals surface area contributed by atoms with Crippen LogP contribution in [0.5, 0.6) is 0 Å². The van der Waals surface area contributed by atoms with E-state index in [9.17, 15) is 4.79 Å². The van der Waals surface area contributed by atoms with Crippen molar-refractivity contribution in [3.8, 4) is 0 Å². The molecule has 0 bridgehead atoms. The molecule has 0 spiro atoms. The van der Waals surface area contributed by atoms with Crippen molar-refractivity contribution in [3.63, 3.8) is 0 Å². The molecule has 5 nitrogen and oxygen atoms in total. The van der Waals surface area contributed by atoms with Gasteiger partial charge in [-0.05, 0) is 30.7 Å². The summed E-state index contributed by atoms with van der Waals surface area (Å²) in [6.07, 6.45) is 0.907.